The summed E-state index contributed by atoms with van der Waals surface area (Å²) in [7, 11) is -1.48. The molecule has 1 rings (SSSR count). The SMILES string of the molecule is CCS(=O)(=O)CCCN1CCCCC1CC(=O)OC. The van der Waals surface area contributed by atoms with E-state index < -0.39 is 9.84 Å². The Kier molecular flexibility index (Phi) is 6.79. The van der Waals surface area contributed by atoms with E-state index in [0.29, 0.717) is 12.8 Å². The third kappa shape index (κ3) is 5.91. The maximum absolute atomic E-state index is 11.5. The first kappa shape index (κ1) is 16.4. The van der Waals surface area contributed by atoms with Crippen molar-refractivity contribution >= 4 is 15.8 Å². The van der Waals surface area contributed by atoms with E-state index in [1.54, 1.807) is 6.92 Å². The zero-order chi connectivity index (χ0) is 14.3. The van der Waals surface area contributed by atoms with Crippen LogP contribution in [0.25, 0.3) is 0 Å². The molecule has 0 amide bonds. The zero-order valence-electron chi connectivity index (χ0n) is 11.9. The Morgan fingerprint density at radius 3 is 2.74 bits per heavy atom. The molecule has 6 heteroatoms. The molecule has 0 aromatic rings. The van der Waals surface area contributed by atoms with Crippen LogP contribution < -0.4 is 0 Å². The number of piperidine rings is 1. The van der Waals surface area contributed by atoms with Gasteiger partial charge in [0.25, 0.3) is 0 Å². The second kappa shape index (κ2) is 7.85. The van der Waals surface area contributed by atoms with Gasteiger partial charge < -0.3 is 4.74 Å². The van der Waals surface area contributed by atoms with Gasteiger partial charge in [0.2, 0.25) is 0 Å². The zero-order valence-corrected chi connectivity index (χ0v) is 12.7. The Hall–Kier alpha value is -0.620. The van der Waals surface area contributed by atoms with Crippen LogP contribution in [0.5, 0.6) is 0 Å². The minimum absolute atomic E-state index is 0.182. The van der Waals surface area contributed by atoms with Gasteiger partial charge in [0.05, 0.1) is 19.3 Å². The first-order valence-corrected chi connectivity index (χ1v) is 8.82. The number of hydrogen-bond acceptors (Lipinski definition) is 5. The number of hydrogen-bond donors (Lipinski definition) is 0. The molecule has 1 fully saturated rings. The molecule has 0 aliphatic carbocycles. The lowest BCUT2D eigenvalue weighted by Gasteiger charge is -2.35. The molecule has 1 atom stereocenters. The lowest BCUT2D eigenvalue weighted by molar-refractivity contribution is -0.142. The summed E-state index contributed by atoms with van der Waals surface area (Å²) < 4.78 is 27.6. The largest absolute Gasteiger partial charge is 0.469 e. The molecular formula is C13H25NO4S. The number of ether oxygens (including phenoxy) is 1. The van der Waals surface area contributed by atoms with Gasteiger partial charge in [0.1, 0.15) is 9.84 Å². The molecule has 1 unspecified atom stereocenters. The number of methoxy groups -OCH3 is 1. The van der Waals surface area contributed by atoms with E-state index in [4.69, 9.17) is 4.74 Å². The van der Waals surface area contributed by atoms with Crippen LogP contribution >= 0.6 is 0 Å². The van der Waals surface area contributed by atoms with Gasteiger partial charge in [-0.3, -0.25) is 9.69 Å². The van der Waals surface area contributed by atoms with Crippen molar-refractivity contribution in [3.8, 4) is 0 Å². The number of likely N-dealkylation sites (tertiary alicyclic amines) is 1. The summed E-state index contributed by atoms with van der Waals surface area (Å²) in [6.07, 6.45) is 4.31. The monoisotopic (exact) mass is 291 g/mol. The summed E-state index contributed by atoms with van der Waals surface area (Å²) in [4.78, 5) is 13.6. The van der Waals surface area contributed by atoms with Crippen molar-refractivity contribution < 1.29 is 17.9 Å². The van der Waals surface area contributed by atoms with Crippen molar-refractivity contribution in [3.05, 3.63) is 0 Å². The fourth-order valence-electron chi connectivity index (χ4n) is 2.49. The quantitative estimate of drug-likeness (QED) is 0.660. The molecule has 1 aliphatic heterocycles. The standard InChI is InChI=1S/C13H25NO4S/c1-3-19(16,17)10-6-9-14-8-5-4-7-12(14)11-13(15)18-2/h12H,3-11H2,1-2H3. The van der Waals surface area contributed by atoms with Crippen LogP contribution in [0.1, 0.15) is 39.0 Å². The molecular weight excluding hydrogens is 266 g/mol. The predicted octanol–water partition coefficient (Wildman–Crippen LogP) is 1.23. The molecule has 0 spiro atoms. The van der Waals surface area contributed by atoms with Crippen molar-refractivity contribution in [2.45, 2.75) is 45.1 Å². The molecule has 19 heavy (non-hydrogen) atoms. The molecule has 1 saturated heterocycles. The second-order valence-electron chi connectivity index (χ2n) is 5.06. The summed E-state index contributed by atoms with van der Waals surface area (Å²) in [5, 5.41) is 0. The third-order valence-electron chi connectivity index (χ3n) is 3.72. The Balaban J connectivity index is 2.42. The second-order valence-corrected chi connectivity index (χ2v) is 7.53. The van der Waals surface area contributed by atoms with Gasteiger partial charge in [-0.15, -0.1) is 0 Å². The van der Waals surface area contributed by atoms with E-state index in [0.717, 1.165) is 32.4 Å². The summed E-state index contributed by atoms with van der Waals surface area (Å²) in [6.45, 7) is 3.38. The summed E-state index contributed by atoms with van der Waals surface area (Å²) in [6, 6.07) is 0.213. The van der Waals surface area contributed by atoms with Crippen LogP contribution in [0.4, 0.5) is 0 Å². The highest BCUT2D eigenvalue weighted by atomic mass is 32.2. The average molecular weight is 291 g/mol. The van der Waals surface area contributed by atoms with E-state index >= 15 is 0 Å². The Morgan fingerprint density at radius 1 is 1.37 bits per heavy atom. The van der Waals surface area contributed by atoms with E-state index in [9.17, 15) is 13.2 Å². The number of sulfone groups is 1. The number of rotatable bonds is 7. The van der Waals surface area contributed by atoms with Crippen LogP contribution in [-0.4, -0.2) is 57.0 Å². The van der Waals surface area contributed by atoms with E-state index in [2.05, 4.69) is 4.90 Å². The first-order valence-electron chi connectivity index (χ1n) is 6.99. The first-order chi connectivity index (χ1) is 8.98. The fraction of sp³-hybridized carbons (Fsp3) is 0.923. The highest BCUT2D eigenvalue weighted by molar-refractivity contribution is 7.91. The Labute approximate surface area is 116 Å². The number of carbonyl (C=O) groups excluding carboxylic acids is 1. The van der Waals surface area contributed by atoms with Gasteiger partial charge in [-0.2, -0.15) is 0 Å². The van der Waals surface area contributed by atoms with Crippen molar-refractivity contribution in [2.24, 2.45) is 0 Å². The van der Waals surface area contributed by atoms with Crippen LogP contribution in [0.15, 0.2) is 0 Å². The Morgan fingerprint density at radius 2 is 2.11 bits per heavy atom. The predicted molar refractivity (Wildman–Crippen MR) is 74.8 cm³/mol. The van der Waals surface area contributed by atoms with Gasteiger partial charge in [0, 0.05) is 11.8 Å². The molecule has 1 aliphatic rings. The van der Waals surface area contributed by atoms with Crippen molar-refractivity contribution in [3.63, 3.8) is 0 Å². The topological polar surface area (TPSA) is 63.7 Å². The van der Waals surface area contributed by atoms with E-state index in [-0.39, 0.29) is 23.5 Å². The summed E-state index contributed by atoms with van der Waals surface area (Å²) in [5.74, 6) is 0.266. The Bertz CT molecular complexity index is 380. The average Bonchev–Trinajstić information content (AvgIpc) is 2.40. The highest BCUT2D eigenvalue weighted by Gasteiger charge is 2.25. The minimum atomic E-state index is -2.88. The minimum Gasteiger partial charge on any atom is -0.469 e. The maximum atomic E-state index is 11.5. The van der Waals surface area contributed by atoms with Crippen molar-refractivity contribution in [1.82, 2.24) is 4.90 Å². The van der Waals surface area contributed by atoms with Gasteiger partial charge in [-0.05, 0) is 32.4 Å². The molecule has 5 nitrogen and oxygen atoms in total. The molecule has 112 valence electrons. The van der Waals surface area contributed by atoms with E-state index in [1.807, 2.05) is 0 Å². The van der Waals surface area contributed by atoms with Gasteiger partial charge in [0.15, 0.2) is 0 Å². The molecule has 0 N–H and O–H groups in total. The van der Waals surface area contributed by atoms with Gasteiger partial charge in [-0.25, -0.2) is 8.42 Å². The van der Waals surface area contributed by atoms with Crippen LogP contribution in [0, 0.1) is 0 Å². The molecule has 0 radical (unpaired) electrons. The molecule has 0 bridgehead atoms. The maximum Gasteiger partial charge on any atom is 0.307 e. The lowest BCUT2D eigenvalue weighted by Crippen LogP contribution is -2.41. The normalized spacial score (nSPS) is 21.3. The summed E-state index contributed by atoms with van der Waals surface area (Å²) >= 11 is 0. The molecule has 0 aromatic carbocycles. The van der Waals surface area contributed by atoms with Crippen molar-refractivity contribution in [2.75, 3.05) is 31.7 Å². The number of nitrogens with zero attached hydrogens (tertiary/aromatic N) is 1. The number of carbonyl (C=O) groups is 1. The smallest absolute Gasteiger partial charge is 0.307 e. The molecule has 0 aromatic heterocycles. The molecule has 1 heterocycles. The number of esters is 1. The van der Waals surface area contributed by atoms with Crippen LogP contribution in [0.2, 0.25) is 0 Å². The van der Waals surface area contributed by atoms with Gasteiger partial charge in [-0.1, -0.05) is 13.3 Å². The van der Waals surface area contributed by atoms with Crippen LogP contribution in [-0.2, 0) is 19.4 Å². The van der Waals surface area contributed by atoms with Crippen LogP contribution in [0.3, 0.4) is 0 Å². The molecule has 0 saturated carbocycles. The lowest BCUT2D eigenvalue weighted by atomic mass is 9.99. The highest BCUT2D eigenvalue weighted by Crippen LogP contribution is 2.20. The van der Waals surface area contributed by atoms with E-state index in [1.165, 1.54) is 7.11 Å². The van der Waals surface area contributed by atoms with Crippen molar-refractivity contribution in [1.29, 1.82) is 0 Å². The van der Waals surface area contributed by atoms with Gasteiger partial charge >= 0.3 is 5.97 Å². The fourth-order valence-corrected chi connectivity index (χ4v) is 3.35. The summed E-state index contributed by atoms with van der Waals surface area (Å²) in [5.41, 5.74) is 0. The third-order valence-corrected chi connectivity index (χ3v) is 5.51.